The number of fused-ring (bicyclic) bond motifs is 2. The van der Waals surface area contributed by atoms with Crippen LogP contribution in [-0.2, 0) is 11.8 Å². The summed E-state index contributed by atoms with van der Waals surface area (Å²) in [6.45, 7) is 7.58. The Labute approximate surface area is 192 Å². The number of carbonyl (C=O) groups excluding carboxylic acids is 2. The predicted octanol–water partition coefficient (Wildman–Crippen LogP) is 5.35. The van der Waals surface area contributed by atoms with E-state index in [-0.39, 0.29) is 28.3 Å². The number of phenolic OH excluding ortho intramolecular Hbond substituents is 1. The van der Waals surface area contributed by atoms with Crippen LogP contribution in [0.5, 0.6) is 5.75 Å². The molecular formula is C26H28N2O3S. The summed E-state index contributed by atoms with van der Waals surface area (Å²) in [5.41, 5.74) is 0.866. The molecule has 0 radical (unpaired) electrons. The number of carbonyl (C=O) groups is 2. The van der Waals surface area contributed by atoms with E-state index in [2.05, 4.69) is 25.8 Å². The maximum Gasteiger partial charge on any atom is 0.257 e. The summed E-state index contributed by atoms with van der Waals surface area (Å²) in [7, 11) is 0. The number of benzene rings is 2. The van der Waals surface area contributed by atoms with Crippen LogP contribution in [0, 0.1) is 5.41 Å². The number of aromatic hydroxyl groups is 1. The van der Waals surface area contributed by atoms with Crippen LogP contribution in [0.25, 0.3) is 10.8 Å². The highest BCUT2D eigenvalue weighted by molar-refractivity contribution is 7.12. The molecular weight excluding hydrogens is 420 g/mol. The maximum absolute atomic E-state index is 13.2. The van der Waals surface area contributed by atoms with Gasteiger partial charge in [0.2, 0.25) is 0 Å². The summed E-state index contributed by atoms with van der Waals surface area (Å²) < 4.78 is 0. The molecule has 1 aliphatic carbocycles. The van der Waals surface area contributed by atoms with Crippen molar-refractivity contribution in [3.05, 3.63) is 57.5 Å². The number of likely N-dealkylation sites (tertiary alicyclic amines) is 1. The van der Waals surface area contributed by atoms with Crippen molar-refractivity contribution >= 4 is 33.8 Å². The maximum atomic E-state index is 13.2. The second-order valence-corrected chi connectivity index (χ2v) is 11.4. The van der Waals surface area contributed by atoms with Gasteiger partial charge in [-0.25, -0.2) is 4.98 Å². The molecule has 1 N–H and O–H groups in total. The van der Waals surface area contributed by atoms with E-state index in [1.165, 1.54) is 0 Å². The lowest BCUT2D eigenvalue weighted by Gasteiger charge is -2.43. The van der Waals surface area contributed by atoms with Gasteiger partial charge in [0.1, 0.15) is 11.4 Å². The summed E-state index contributed by atoms with van der Waals surface area (Å²) in [5.74, 6) is 0.0499. The summed E-state index contributed by atoms with van der Waals surface area (Å²) in [6, 6.07) is 11.1. The molecule has 3 aromatic rings. The van der Waals surface area contributed by atoms with E-state index in [1.54, 1.807) is 17.4 Å². The third-order valence-electron chi connectivity index (χ3n) is 6.92. The summed E-state index contributed by atoms with van der Waals surface area (Å²) >= 11 is 1.68. The van der Waals surface area contributed by atoms with Crippen molar-refractivity contribution in [2.75, 3.05) is 13.1 Å². The van der Waals surface area contributed by atoms with Gasteiger partial charge in [-0.3, -0.25) is 9.59 Å². The minimum absolute atomic E-state index is 0.0465. The average molecular weight is 449 g/mol. The van der Waals surface area contributed by atoms with Gasteiger partial charge in [0.05, 0.1) is 10.6 Å². The highest BCUT2D eigenvalue weighted by Crippen LogP contribution is 2.46. The van der Waals surface area contributed by atoms with Gasteiger partial charge in [0, 0.05) is 35.2 Å². The normalized spacial score (nSPS) is 18.2. The fraction of sp³-hybridized carbons (Fsp3) is 0.423. The third-order valence-corrected chi connectivity index (χ3v) is 8.40. The van der Waals surface area contributed by atoms with Gasteiger partial charge in [-0.1, -0.05) is 51.1 Å². The Hall–Kier alpha value is -2.73. The molecule has 2 heterocycles. The van der Waals surface area contributed by atoms with Crippen LogP contribution in [0.1, 0.15) is 70.8 Å². The molecule has 0 bridgehead atoms. The number of piperidine rings is 1. The van der Waals surface area contributed by atoms with Crippen LogP contribution >= 0.6 is 11.3 Å². The van der Waals surface area contributed by atoms with Gasteiger partial charge >= 0.3 is 0 Å². The first-order valence-corrected chi connectivity index (χ1v) is 12.0. The molecule has 0 unspecified atom stereocenters. The Balaban J connectivity index is 1.34. The van der Waals surface area contributed by atoms with Gasteiger partial charge < -0.3 is 10.0 Å². The Morgan fingerprint density at radius 3 is 2.53 bits per heavy atom. The topological polar surface area (TPSA) is 70.5 Å². The first-order valence-electron chi connectivity index (χ1n) is 11.2. The van der Waals surface area contributed by atoms with Gasteiger partial charge in [0.15, 0.2) is 5.78 Å². The van der Waals surface area contributed by atoms with E-state index in [1.807, 2.05) is 35.2 Å². The molecule has 5 rings (SSSR count). The Morgan fingerprint density at radius 1 is 1.09 bits per heavy atom. The van der Waals surface area contributed by atoms with Crippen molar-refractivity contribution in [1.82, 2.24) is 9.88 Å². The fourth-order valence-corrected chi connectivity index (χ4v) is 6.28. The van der Waals surface area contributed by atoms with E-state index in [9.17, 15) is 14.7 Å². The molecule has 2 aliphatic rings. The van der Waals surface area contributed by atoms with Gasteiger partial charge in [-0.15, -0.1) is 11.3 Å². The Morgan fingerprint density at radius 2 is 1.81 bits per heavy atom. The zero-order valence-electron chi connectivity index (χ0n) is 18.8. The number of rotatable bonds is 1. The van der Waals surface area contributed by atoms with Crippen molar-refractivity contribution in [3.63, 3.8) is 0 Å². The number of aromatic nitrogens is 1. The minimum atomic E-state index is -0.140. The van der Waals surface area contributed by atoms with Crippen LogP contribution in [-0.4, -0.2) is 39.8 Å². The molecule has 2 aromatic carbocycles. The number of ketones is 1. The van der Waals surface area contributed by atoms with Crippen molar-refractivity contribution in [2.24, 2.45) is 5.41 Å². The number of thiazole rings is 1. The molecule has 1 aliphatic heterocycles. The van der Waals surface area contributed by atoms with Crippen molar-refractivity contribution < 1.29 is 14.7 Å². The summed E-state index contributed by atoms with van der Waals surface area (Å²) in [4.78, 5) is 33.7. The highest BCUT2D eigenvalue weighted by Gasteiger charge is 2.44. The largest absolute Gasteiger partial charge is 0.506 e. The van der Waals surface area contributed by atoms with E-state index in [4.69, 9.17) is 0 Å². The van der Waals surface area contributed by atoms with E-state index in [0.29, 0.717) is 36.2 Å². The lowest BCUT2D eigenvalue weighted by atomic mass is 9.68. The van der Waals surface area contributed by atoms with Crippen molar-refractivity contribution in [3.8, 4) is 5.75 Å². The van der Waals surface area contributed by atoms with E-state index >= 15 is 0 Å². The van der Waals surface area contributed by atoms with E-state index in [0.717, 1.165) is 34.5 Å². The Kier molecular flexibility index (Phi) is 4.89. The number of Topliss-reactive ketones (excluding diaryl/α,β-unsaturated/α-hetero) is 1. The zero-order valence-corrected chi connectivity index (χ0v) is 19.6. The molecule has 1 amide bonds. The molecule has 0 saturated carbocycles. The van der Waals surface area contributed by atoms with Crippen LogP contribution in [0.4, 0.5) is 0 Å². The van der Waals surface area contributed by atoms with Crippen LogP contribution in [0.15, 0.2) is 36.4 Å². The van der Waals surface area contributed by atoms with Gasteiger partial charge in [-0.2, -0.15) is 0 Å². The van der Waals surface area contributed by atoms with Crippen LogP contribution in [0.3, 0.4) is 0 Å². The molecule has 1 fully saturated rings. The quantitative estimate of drug-likeness (QED) is 0.545. The standard InChI is InChI=1S/C26H28N2O3S/c1-25(2,3)24-27-21-19(29)14-26(15-20(21)32-24)10-12-28(13-11-26)23(31)18-9-8-16-6-4-5-7-17(16)22(18)30/h4-9,30H,10-15H2,1-3H3. The van der Waals surface area contributed by atoms with Crippen molar-refractivity contribution in [1.29, 1.82) is 0 Å². The first-order chi connectivity index (χ1) is 15.2. The number of nitrogens with zero attached hydrogens (tertiary/aromatic N) is 2. The smallest absolute Gasteiger partial charge is 0.257 e. The van der Waals surface area contributed by atoms with Gasteiger partial charge in [-0.05, 0) is 36.1 Å². The predicted molar refractivity (Wildman–Crippen MR) is 127 cm³/mol. The number of amides is 1. The molecule has 1 spiro atoms. The molecule has 1 aromatic heterocycles. The second-order valence-electron chi connectivity index (χ2n) is 10.3. The average Bonchev–Trinajstić information content (AvgIpc) is 3.19. The van der Waals surface area contributed by atoms with E-state index < -0.39 is 0 Å². The van der Waals surface area contributed by atoms with Gasteiger partial charge in [0.25, 0.3) is 5.91 Å². The SMILES string of the molecule is CC(C)(C)c1nc2c(s1)CC1(CCN(C(=O)c3ccc4ccccc4c3O)CC1)CC2=O. The number of phenols is 1. The zero-order chi connectivity index (χ0) is 22.7. The molecule has 5 nitrogen and oxygen atoms in total. The first kappa shape index (κ1) is 21.1. The minimum Gasteiger partial charge on any atom is -0.506 e. The van der Waals surface area contributed by atoms with Crippen LogP contribution in [0.2, 0.25) is 0 Å². The summed E-state index contributed by atoms with van der Waals surface area (Å²) in [6.07, 6.45) is 2.96. The molecule has 32 heavy (non-hydrogen) atoms. The lowest BCUT2D eigenvalue weighted by molar-refractivity contribution is 0.0520. The lowest BCUT2D eigenvalue weighted by Crippen LogP contribution is -2.46. The Bertz CT molecular complexity index is 1230. The monoisotopic (exact) mass is 448 g/mol. The second kappa shape index (κ2) is 7.41. The molecule has 1 saturated heterocycles. The summed E-state index contributed by atoms with van der Waals surface area (Å²) in [5, 5.41) is 13.3. The molecule has 6 heteroatoms. The molecule has 0 atom stereocenters. The third kappa shape index (κ3) is 3.51. The van der Waals surface area contributed by atoms with Crippen molar-refractivity contribution in [2.45, 2.75) is 51.9 Å². The molecule has 166 valence electrons. The number of hydrogen-bond donors (Lipinski definition) is 1. The highest BCUT2D eigenvalue weighted by atomic mass is 32.1. The fourth-order valence-electron chi connectivity index (χ4n) is 4.97. The number of hydrogen-bond acceptors (Lipinski definition) is 5. The van der Waals surface area contributed by atoms with Crippen LogP contribution < -0.4 is 0 Å².